The van der Waals surface area contributed by atoms with Crippen molar-refractivity contribution in [2.24, 2.45) is 5.73 Å². The van der Waals surface area contributed by atoms with Gasteiger partial charge in [-0.2, -0.15) is 4.98 Å². The zero-order chi connectivity index (χ0) is 11.0. The number of nitrogens with zero attached hydrogens (tertiary/aromatic N) is 2. The maximum absolute atomic E-state index is 6.30. The summed E-state index contributed by atoms with van der Waals surface area (Å²) in [7, 11) is 0. The van der Waals surface area contributed by atoms with Gasteiger partial charge >= 0.3 is 0 Å². The van der Waals surface area contributed by atoms with Crippen LogP contribution in [0.4, 0.5) is 0 Å². The van der Waals surface area contributed by atoms with E-state index in [0.717, 1.165) is 31.0 Å². The van der Waals surface area contributed by atoms with Gasteiger partial charge in [-0.25, -0.2) is 0 Å². The van der Waals surface area contributed by atoms with Crippen molar-refractivity contribution in [2.45, 2.75) is 49.3 Å². The van der Waals surface area contributed by atoms with Gasteiger partial charge in [0.25, 0.3) is 0 Å². The van der Waals surface area contributed by atoms with Crippen molar-refractivity contribution in [1.29, 1.82) is 0 Å². The Morgan fingerprint density at radius 2 is 2.06 bits per heavy atom. The summed E-state index contributed by atoms with van der Waals surface area (Å²) in [4.78, 5) is 4.52. The van der Waals surface area contributed by atoms with Crippen LogP contribution in [0.5, 0.6) is 0 Å². The third kappa shape index (κ3) is 2.46. The van der Waals surface area contributed by atoms with Crippen LogP contribution in [0.1, 0.15) is 55.5 Å². The third-order valence-electron chi connectivity index (χ3n) is 3.59. The summed E-state index contributed by atoms with van der Waals surface area (Å²) in [6.45, 7) is 0. The van der Waals surface area contributed by atoms with Crippen molar-refractivity contribution >= 4 is 24.2 Å². The summed E-state index contributed by atoms with van der Waals surface area (Å²) in [5, 5.41) is 4.50. The van der Waals surface area contributed by atoms with Crippen LogP contribution >= 0.6 is 24.2 Å². The number of hydrogen-bond donors (Lipinski definition) is 1. The van der Waals surface area contributed by atoms with Crippen molar-refractivity contribution in [3.63, 3.8) is 0 Å². The molecular weight excluding hydrogens is 258 g/mol. The molecular formula is C11H18ClN3OS. The Hall–Kier alpha value is -0.260. The zero-order valence-corrected chi connectivity index (χ0v) is 11.4. The number of thioether (sulfide) groups is 1. The van der Waals surface area contributed by atoms with Crippen LogP contribution in [-0.4, -0.2) is 15.9 Å². The molecule has 1 saturated heterocycles. The highest BCUT2D eigenvalue weighted by molar-refractivity contribution is 7.99. The van der Waals surface area contributed by atoms with Crippen LogP contribution in [-0.2, 0) is 5.54 Å². The Morgan fingerprint density at radius 1 is 1.29 bits per heavy atom. The summed E-state index contributed by atoms with van der Waals surface area (Å²) in [6, 6.07) is 0. The normalized spacial score (nSPS) is 27.0. The number of halogens is 1. The molecule has 3 rings (SSSR count). The summed E-state index contributed by atoms with van der Waals surface area (Å²) in [6.07, 6.45) is 6.75. The molecule has 1 saturated carbocycles. The Kier molecular flexibility index (Phi) is 4.00. The van der Waals surface area contributed by atoms with E-state index < -0.39 is 0 Å². The fraction of sp³-hybridized carbons (Fsp3) is 0.818. The molecule has 0 spiro atoms. The monoisotopic (exact) mass is 275 g/mol. The maximum Gasteiger partial charge on any atom is 0.239 e. The van der Waals surface area contributed by atoms with Gasteiger partial charge in [-0.05, 0) is 31.4 Å². The van der Waals surface area contributed by atoms with E-state index in [-0.39, 0.29) is 17.9 Å². The van der Waals surface area contributed by atoms with Gasteiger partial charge in [0, 0.05) is 0 Å². The number of hydrogen-bond acceptors (Lipinski definition) is 5. The number of nitrogens with two attached hydrogens (primary N) is 1. The first-order valence-corrected chi connectivity index (χ1v) is 7.07. The highest BCUT2D eigenvalue weighted by Gasteiger charge is 2.37. The lowest BCUT2D eigenvalue weighted by Gasteiger charge is -2.17. The molecule has 0 amide bonds. The number of rotatable bonds is 2. The van der Waals surface area contributed by atoms with Crippen molar-refractivity contribution in [3.8, 4) is 0 Å². The molecule has 2 heterocycles. The molecule has 17 heavy (non-hydrogen) atoms. The molecule has 1 aromatic heterocycles. The largest absolute Gasteiger partial charge is 0.338 e. The van der Waals surface area contributed by atoms with E-state index in [1.165, 1.54) is 25.0 Å². The molecule has 6 heteroatoms. The van der Waals surface area contributed by atoms with Crippen LogP contribution in [0.2, 0.25) is 0 Å². The van der Waals surface area contributed by atoms with Gasteiger partial charge < -0.3 is 10.3 Å². The SMILES string of the molecule is Cl.NC1(c2noc(C3CCCS3)n2)CCCC1. The molecule has 1 aliphatic carbocycles. The Bertz CT molecular complexity index is 373. The highest BCUT2D eigenvalue weighted by atomic mass is 35.5. The van der Waals surface area contributed by atoms with Gasteiger partial charge in [0.05, 0.1) is 10.8 Å². The quantitative estimate of drug-likeness (QED) is 0.899. The second-order valence-electron chi connectivity index (χ2n) is 4.82. The number of aromatic nitrogens is 2. The standard InChI is InChI=1S/C11H17N3OS.ClH/c12-11(5-1-2-6-11)10-13-9(15-14-10)8-4-3-7-16-8;/h8H,1-7,12H2;1H. The van der Waals surface area contributed by atoms with E-state index in [0.29, 0.717) is 5.25 Å². The molecule has 96 valence electrons. The lowest BCUT2D eigenvalue weighted by atomic mass is 9.99. The summed E-state index contributed by atoms with van der Waals surface area (Å²) in [5.41, 5.74) is 5.99. The van der Waals surface area contributed by atoms with E-state index in [1.807, 2.05) is 11.8 Å². The van der Waals surface area contributed by atoms with Gasteiger partial charge in [-0.1, -0.05) is 18.0 Å². The fourth-order valence-electron chi connectivity index (χ4n) is 2.57. The molecule has 4 nitrogen and oxygen atoms in total. The minimum Gasteiger partial charge on any atom is -0.338 e. The maximum atomic E-state index is 6.30. The van der Waals surface area contributed by atoms with Crippen molar-refractivity contribution < 1.29 is 4.52 Å². The van der Waals surface area contributed by atoms with Crippen molar-refractivity contribution in [1.82, 2.24) is 10.1 Å². The zero-order valence-electron chi connectivity index (χ0n) is 9.72. The van der Waals surface area contributed by atoms with Crippen LogP contribution in [0, 0.1) is 0 Å². The van der Waals surface area contributed by atoms with Crippen molar-refractivity contribution in [3.05, 3.63) is 11.7 Å². The van der Waals surface area contributed by atoms with E-state index >= 15 is 0 Å². The van der Waals surface area contributed by atoms with Crippen LogP contribution in [0.3, 0.4) is 0 Å². The Morgan fingerprint density at radius 3 is 2.71 bits per heavy atom. The minimum atomic E-state index is -0.314. The smallest absolute Gasteiger partial charge is 0.239 e. The molecule has 0 aromatic carbocycles. The van der Waals surface area contributed by atoms with Gasteiger partial charge in [-0.3, -0.25) is 0 Å². The first-order valence-electron chi connectivity index (χ1n) is 6.02. The molecule has 2 N–H and O–H groups in total. The highest BCUT2D eigenvalue weighted by Crippen LogP contribution is 2.40. The molecule has 1 aromatic rings. The second kappa shape index (κ2) is 5.16. The topological polar surface area (TPSA) is 64.9 Å². The minimum absolute atomic E-state index is 0. The summed E-state index contributed by atoms with van der Waals surface area (Å²) >= 11 is 1.91. The molecule has 2 fully saturated rings. The Labute approximate surface area is 112 Å². The van der Waals surface area contributed by atoms with E-state index in [9.17, 15) is 0 Å². The molecule has 2 aliphatic rings. The van der Waals surface area contributed by atoms with Crippen molar-refractivity contribution in [2.75, 3.05) is 5.75 Å². The van der Waals surface area contributed by atoms with E-state index in [1.54, 1.807) is 0 Å². The van der Waals surface area contributed by atoms with Gasteiger partial charge in [-0.15, -0.1) is 24.2 Å². The van der Waals surface area contributed by atoms with Crippen LogP contribution in [0.25, 0.3) is 0 Å². The first kappa shape index (κ1) is 13.2. The summed E-state index contributed by atoms with van der Waals surface area (Å²) < 4.78 is 5.36. The average molecular weight is 276 g/mol. The average Bonchev–Trinajstić information content (AvgIpc) is 2.98. The fourth-order valence-corrected chi connectivity index (χ4v) is 3.76. The van der Waals surface area contributed by atoms with Crippen LogP contribution in [0.15, 0.2) is 4.52 Å². The molecule has 1 aliphatic heterocycles. The summed E-state index contributed by atoms with van der Waals surface area (Å²) in [5.74, 6) is 2.72. The molecule has 0 bridgehead atoms. The first-order chi connectivity index (χ1) is 7.78. The predicted octanol–water partition coefficient (Wildman–Crippen LogP) is 2.79. The van der Waals surface area contributed by atoms with Gasteiger partial charge in [0.15, 0.2) is 5.82 Å². The van der Waals surface area contributed by atoms with Gasteiger partial charge in [0.2, 0.25) is 5.89 Å². The lowest BCUT2D eigenvalue weighted by Crippen LogP contribution is -2.34. The van der Waals surface area contributed by atoms with E-state index in [2.05, 4.69) is 10.1 Å². The van der Waals surface area contributed by atoms with E-state index in [4.69, 9.17) is 10.3 Å². The predicted molar refractivity (Wildman–Crippen MR) is 70.3 cm³/mol. The molecule has 1 unspecified atom stereocenters. The van der Waals surface area contributed by atoms with Gasteiger partial charge in [0.1, 0.15) is 0 Å². The third-order valence-corrected chi connectivity index (χ3v) is 4.95. The molecule has 1 atom stereocenters. The lowest BCUT2D eigenvalue weighted by molar-refractivity contribution is 0.346. The second-order valence-corrected chi connectivity index (χ2v) is 6.13. The molecule has 0 radical (unpaired) electrons. The van der Waals surface area contributed by atoms with Crippen LogP contribution < -0.4 is 5.73 Å². The Balaban J connectivity index is 0.00000108.